The molecule has 1 heterocycles. The van der Waals surface area contributed by atoms with Crippen molar-refractivity contribution in [2.75, 3.05) is 5.32 Å². The van der Waals surface area contributed by atoms with E-state index in [1.54, 1.807) is 12.1 Å². The third kappa shape index (κ3) is 2.83. The number of benzene rings is 1. The van der Waals surface area contributed by atoms with Crippen molar-refractivity contribution < 1.29 is 4.79 Å². The minimum absolute atomic E-state index is 0.277. The van der Waals surface area contributed by atoms with Gasteiger partial charge in [-0.1, -0.05) is 6.07 Å². The molecule has 0 saturated carbocycles. The van der Waals surface area contributed by atoms with E-state index in [4.69, 9.17) is 5.26 Å². The van der Waals surface area contributed by atoms with Gasteiger partial charge in [-0.3, -0.25) is 4.79 Å². The number of rotatable bonds is 2. The predicted octanol–water partition coefficient (Wildman–Crippen LogP) is 3.13. The molecule has 0 atom stereocenters. The number of nitriles is 1. The van der Waals surface area contributed by atoms with Crippen molar-refractivity contribution in [3.63, 3.8) is 0 Å². The van der Waals surface area contributed by atoms with Crippen molar-refractivity contribution >= 4 is 11.6 Å². The van der Waals surface area contributed by atoms with Crippen LogP contribution in [-0.2, 0) is 0 Å². The molecule has 1 N–H and O–H groups in total. The Bertz CT molecular complexity index is 697. The van der Waals surface area contributed by atoms with Crippen molar-refractivity contribution in [3.05, 3.63) is 58.4 Å². The van der Waals surface area contributed by atoms with Gasteiger partial charge in [0.05, 0.1) is 5.56 Å². The number of nitrogens with zero attached hydrogens (tertiary/aromatic N) is 2. The molecule has 0 aliphatic heterocycles. The Morgan fingerprint density at radius 2 is 1.85 bits per heavy atom. The Morgan fingerprint density at radius 3 is 2.45 bits per heavy atom. The predicted molar refractivity (Wildman–Crippen MR) is 77.6 cm³/mol. The molecule has 1 aromatic heterocycles. The van der Waals surface area contributed by atoms with Gasteiger partial charge in [-0.25, -0.2) is 4.98 Å². The van der Waals surface area contributed by atoms with Gasteiger partial charge in [-0.05, 0) is 55.7 Å². The number of hydrogen-bond acceptors (Lipinski definition) is 3. The first-order chi connectivity index (χ1) is 9.51. The highest BCUT2D eigenvalue weighted by atomic mass is 16.1. The van der Waals surface area contributed by atoms with E-state index in [1.165, 1.54) is 11.8 Å². The second kappa shape index (κ2) is 5.54. The van der Waals surface area contributed by atoms with Gasteiger partial charge >= 0.3 is 0 Å². The molecule has 2 rings (SSSR count). The van der Waals surface area contributed by atoms with E-state index in [0.717, 1.165) is 16.8 Å². The third-order valence-electron chi connectivity index (χ3n) is 3.21. The monoisotopic (exact) mass is 265 g/mol. The SMILES string of the molecule is Cc1cc(C)c(NC(=O)c2ccc(C#N)cn2)cc1C. The van der Waals surface area contributed by atoms with E-state index in [2.05, 4.69) is 10.3 Å². The summed E-state index contributed by atoms with van der Waals surface area (Å²) >= 11 is 0. The van der Waals surface area contributed by atoms with E-state index in [0.29, 0.717) is 11.3 Å². The van der Waals surface area contributed by atoms with E-state index >= 15 is 0 Å². The molecule has 0 radical (unpaired) electrons. The molecular weight excluding hydrogens is 250 g/mol. The second-order valence-corrected chi connectivity index (χ2v) is 4.75. The maximum atomic E-state index is 12.1. The molecule has 0 unspecified atom stereocenters. The molecular formula is C16H15N3O. The summed E-state index contributed by atoms with van der Waals surface area (Å²) in [6.07, 6.45) is 1.39. The van der Waals surface area contributed by atoms with Gasteiger partial charge in [0, 0.05) is 11.9 Å². The molecule has 4 heteroatoms. The number of nitrogens with one attached hydrogen (secondary N) is 1. The summed E-state index contributed by atoms with van der Waals surface area (Å²) in [6.45, 7) is 5.99. The number of anilines is 1. The Labute approximate surface area is 118 Å². The first-order valence-electron chi connectivity index (χ1n) is 6.26. The van der Waals surface area contributed by atoms with Crippen LogP contribution in [0.25, 0.3) is 0 Å². The van der Waals surface area contributed by atoms with Gasteiger partial charge in [-0.15, -0.1) is 0 Å². The van der Waals surface area contributed by atoms with Gasteiger partial charge in [0.2, 0.25) is 0 Å². The summed E-state index contributed by atoms with van der Waals surface area (Å²) < 4.78 is 0. The van der Waals surface area contributed by atoms with E-state index in [-0.39, 0.29) is 5.91 Å². The van der Waals surface area contributed by atoms with Crippen molar-refractivity contribution in [3.8, 4) is 6.07 Å². The summed E-state index contributed by atoms with van der Waals surface area (Å²) in [5, 5.41) is 11.6. The van der Waals surface area contributed by atoms with Gasteiger partial charge in [0.15, 0.2) is 0 Å². The normalized spacial score (nSPS) is 9.90. The lowest BCUT2D eigenvalue weighted by atomic mass is 10.0. The summed E-state index contributed by atoms with van der Waals surface area (Å²) in [6, 6.07) is 9.09. The lowest BCUT2D eigenvalue weighted by Gasteiger charge is -2.11. The average Bonchev–Trinajstić information content (AvgIpc) is 2.44. The minimum Gasteiger partial charge on any atom is -0.320 e. The van der Waals surface area contributed by atoms with Crippen LogP contribution < -0.4 is 5.32 Å². The van der Waals surface area contributed by atoms with Gasteiger partial charge < -0.3 is 5.32 Å². The van der Waals surface area contributed by atoms with Crippen LogP contribution in [-0.4, -0.2) is 10.9 Å². The second-order valence-electron chi connectivity index (χ2n) is 4.75. The topological polar surface area (TPSA) is 65.8 Å². The summed E-state index contributed by atoms with van der Waals surface area (Å²) in [5.41, 5.74) is 4.83. The number of aromatic nitrogens is 1. The fraction of sp³-hybridized carbons (Fsp3) is 0.188. The quantitative estimate of drug-likeness (QED) is 0.907. The molecule has 0 saturated heterocycles. The Kier molecular flexibility index (Phi) is 3.81. The van der Waals surface area contributed by atoms with Crippen LogP contribution in [0, 0.1) is 32.1 Å². The zero-order valence-electron chi connectivity index (χ0n) is 11.7. The molecule has 0 spiro atoms. The van der Waals surface area contributed by atoms with Crippen LogP contribution in [0.5, 0.6) is 0 Å². The largest absolute Gasteiger partial charge is 0.320 e. The molecule has 0 aliphatic rings. The molecule has 2 aromatic rings. The lowest BCUT2D eigenvalue weighted by Crippen LogP contribution is -2.14. The number of carbonyl (C=O) groups excluding carboxylic acids is 1. The van der Waals surface area contributed by atoms with Gasteiger partial charge in [0.1, 0.15) is 11.8 Å². The van der Waals surface area contributed by atoms with E-state index < -0.39 is 0 Å². The number of carbonyl (C=O) groups is 1. The minimum atomic E-state index is -0.277. The number of aryl methyl sites for hydroxylation is 3. The average molecular weight is 265 g/mol. The zero-order chi connectivity index (χ0) is 14.7. The van der Waals surface area contributed by atoms with Crippen molar-refractivity contribution in [2.24, 2.45) is 0 Å². The highest BCUT2D eigenvalue weighted by molar-refractivity contribution is 6.03. The van der Waals surface area contributed by atoms with Crippen LogP contribution >= 0.6 is 0 Å². The highest BCUT2D eigenvalue weighted by Crippen LogP contribution is 2.20. The summed E-state index contributed by atoms with van der Waals surface area (Å²) in [7, 11) is 0. The molecule has 4 nitrogen and oxygen atoms in total. The molecule has 100 valence electrons. The third-order valence-corrected chi connectivity index (χ3v) is 3.21. The number of pyridine rings is 1. The maximum Gasteiger partial charge on any atom is 0.274 e. The van der Waals surface area contributed by atoms with Crippen molar-refractivity contribution in [1.82, 2.24) is 4.98 Å². The summed E-state index contributed by atoms with van der Waals surface area (Å²) in [4.78, 5) is 16.1. The highest BCUT2D eigenvalue weighted by Gasteiger charge is 2.10. The maximum absolute atomic E-state index is 12.1. The van der Waals surface area contributed by atoms with Crippen molar-refractivity contribution in [2.45, 2.75) is 20.8 Å². The molecule has 1 aromatic carbocycles. The zero-order valence-corrected chi connectivity index (χ0v) is 11.7. The number of hydrogen-bond donors (Lipinski definition) is 1. The van der Waals surface area contributed by atoms with Gasteiger partial charge in [-0.2, -0.15) is 5.26 Å². The number of amides is 1. The first kappa shape index (κ1) is 13.8. The smallest absolute Gasteiger partial charge is 0.274 e. The lowest BCUT2D eigenvalue weighted by molar-refractivity contribution is 0.102. The molecule has 1 amide bonds. The standard InChI is InChI=1S/C16H15N3O/c1-10-6-12(3)15(7-11(10)2)19-16(20)14-5-4-13(8-17)9-18-14/h4-7,9H,1-3H3,(H,19,20). The van der Waals surface area contributed by atoms with Crippen LogP contribution in [0.15, 0.2) is 30.5 Å². The molecule has 0 bridgehead atoms. The molecule has 0 aliphatic carbocycles. The van der Waals surface area contributed by atoms with Crippen molar-refractivity contribution in [1.29, 1.82) is 5.26 Å². The Hall–Kier alpha value is -2.67. The van der Waals surface area contributed by atoms with Crippen LogP contribution in [0.2, 0.25) is 0 Å². The van der Waals surface area contributed by atoms with Crippen LogP contribution in [0.1, 0.15) is 32.7 Å². The Balaban J connectivity index is 2.23. The Morgan fingerprint density at radius 1 is 1.15 bits per heavy atom. The fourth-order valence-corrected chi connectivity index (χ4v) is 1.88. The fourth-order valence-electron chi connectivity index (χ4n) is 1.88. The van der Waals surface area contributed by atoms with Crippen LogP contribution in [0.3, 0.4) is 0 Å². The van der Waals surface area contributed by atoms with E-state index in [9.17, 15) is 4.79 Å². The first-order valence-corrected chi connectivity index (χ1v) is 6.26. The van der Waals surface area contributed by atoms with Gasteiger partial charge in [0.25, 0.3) is 5.91 Å². The summed E-state index contributed by atoms with van der Waals surface area (Å²) in [5.74, 6) is -0.277. The van der Waals surface area contributed by atoms with E-state index in [1.807, 2.05) is 39.0 Å². The van der Waals surface area contributed by atoms with Crippen LogP contribution in [0.4, 0.5) is 5.69 Å². The molecule has 0 fully saturated rings. The molecule has 20 heavy (non-hydrogen) atoms.